The second kappa shape index (κ2) is 7.10. The minimum absolute atomic E-state index is 0.0562. The maximum absolute atomic E-state index is 11.9. The van der Waals surface area contributed by atoms with Crippen LogP contribution >= 0.6 is 15.9 Å². The van der Waals surface area contributed by atoms with Crippen LogP contribution in [-0.2, 0) is 0 Å². The van der Waals surface area contributed by atoms with E-state index in [1.807, 2.05) is 49.4 Å². The molecule has 1 amide bonds. The summed E-state index contributed by atoms with van der Waals surface area (Å²) < 4.78 is 6.25. The van der Waals surface area contributed by atoms with E-state index in [2.05, 4.69) is 21.2 Å². The zero-order valence-corrected chi connectivity index (χ0v) is 12.8. The summed E-state index contributed by atoms with van der Waals surface area (Å²) in [5.41, 5.74) is 1.06. The Morgan fingerprint density at radius 1 is 1.15 bits per heavy atom. The molecule has 0 aliphatic heterocycles. The zero-order chi connectivity index (χ0) is 14.4. The molecule has 2 rings (SSSR count). The van der Waals surface area contributed by atoms with Crippen molar-refractivity contribution in [1.82, 2.24) is 5.32 Å². The smallest absolute Gasteiger partial charge is 0.410 e. The summed E-state index contributed by atoms with van der Waals surface area (Å²) in [5, 5.41) is 2.87. The van der Waals surface area contributed by atoms with Gasteiger partial charge in [0.2, 0.25) is 0 Å². The lowest BCUT2D eigenvalue weighted by atomic mass is 10.1. The number of rotatable bonds is 4. The van der Waals surface area contributed by atoms with E-state index in [4.69, 9.17) is 4.74 Å². The second-order valence-electron chi connectivity index (χ2n) is 4.36. The van der Waals surface area contributed by atoms with Gasteiger partial charge in [0.1, 0.15) is 5.75 Å². The van der Waals surface area contributed by atoms with E-state index in [-0.39, 0.29) is 6.04 Å². The van der Waals surface area contributed by atoms with E-state index in [0.717, 1.165) is 16.5 Å². The first-order valence-electron chi connectivity index (χ1n) is 6.48. The topological polar surface area (TPSA) is 38.3 Å². The van der Waals surface area contributed by atoms with Crippen molar-refractivity contribution < 1.29 is 9.53 Å². The molecule has 0 aliphatic rings. The Morgan fingerprint density at radius 2 is 1.80 bits per heavy atom. The van der Waals surface area contributed by atoms with E-state index < -0.39 is 6.09 Å². The van der Waals surface area contributed by atoms with Crippen LogP contribution < -0.4 is 10.1 Å². The standard InChI is InChI=1S/C16H16BrNO2/c1-2-15(12-8-10-13(17)11-9-12)18-16(19)20-14-6-4-3-5-7-14/h3-11,15H,2H2,1H3,(H,18,19). The highest BCUT2D eigenvalue weighted by atomic mass is 79.9. The number of amides is 1. The first kappa shape index (κ1) is 14.6. The van der Waals surface area contributed by atoms with Gasteiger partial charge in [-0.25, -0.2) is 4.79 Å². The summed E-state index contributed by atoms with van der Waals surface area (Å²) in [6, 6.07) is 16.9. The van der Waals surface area contributed by atoms with Crippen molar-refractivity contribution >= 4 is 22.0 Å². The van der Waals surface area contributed by atoms with Crippen molar-refractivity contribution in [3.63, 3.8) is 0 Å². The van der Waals surface area contributed by atoms with Crippen LogP contribution in [0.2, 0.25) is 0 Å². The van der Waals surface area contributed by atoms with Gasteiger partial charge in [0.15, 0.2) is 0 Å². The van der Waals surface area contributed by atoms with Gasteiger partial charge in [-0.05, 0) is 36.2 Å². The van der Waals surface area contributed by atoms with Gasteiger partial charge in [0.25, 0.3) is 0 Å². The fraction of sp³-hybridized carbons (Fsp3) is 0.188. The summed E-state index contributed by atoms with van der Waals surface area (Å²) >= 11 is 3.40. The maximum Gasteiger partial charge on any atom is 0.413 e. The zero-order valence-electron chi connectivity index (χ0n) is 11.2. The average molecular weight is 334 g/mol. The van der Waals surface area contributed by atoms with Crippen LogP contribution in [0, 0.1) is 0 Å². The molecule has 20 heavy (non-hydrogen) atoms. The lowest BCUT2D eigenvalue weighted by molar-refractivity contribution is 0.195. The fourth-order valence-corrected chi connectivity index (χ4v) is 2.15. The van der Waals surface area contributed by atoms with Gasteiger partial charge in [-0.3, -0.25) is 0 Å². The van der Waals surface area contributed by atoms with Crippen LogP contribution in [0.4, 0.5) is 4.79 Å². The van der Waals surface area contributed by atoms with Crippen molar-refractivity contribution in [3.8, 4) is 5.75 Å². The molecule has 2 aromatic carbocycles. The number of hydrogen-bond donors (Lipinski definition) is 1. The predicted molar refractivity (Wildman–Crippen MR) is 82.8 cm³/mol. The Hall–Kier alpha value is -1.81. The van der Waals surface area contributed by atoms with E-state index in [9.17, 15) is 4.79 Å². The number of carbonyl (C=O) groups is 1. The number of benzene rings is 2. The maximum atomic E-state index is 11.9. The molecule has 0 saturated carbocycles. The predicted octanol–water partition coefficient (Wildman–Crippen LogP) is 4.69. The lowest BCUT2D eigenvalue weighted by Gasteiger charge is -2.17. The van der Waals surface area contributed by atoms with Crippen LogP contribution in [0.1, 0.15) is 24.9 Å². The molecule has 0 spiro atoms. The second-order valence-corrected chi connectivity index (χ2v) is 5.27. The van der Waals surface area contributed by atoms with Crippen molar-refractivity contribution in [2.24, 2.45) is 0 Å². The van der Waals surface area contributed by atoms with E-state index >= 15 is 0 Å². The van der Waals surface area contributed by atoms with Gasteiger partial charge in [-0.15, -0.1) is 0 Å². The van der Waals surface area contributed by atoms with Crippen LogP contribution in [-0.4, -0.2) is 6.09 Å². The summed E-state index contributed by atoms with van der Waals surface area (Å²) in [6.07, 6.45) is 0.358. The summed E-state index contributed by atoms with van der Waals surface area (Å²) in [7, 11) is 0. The van der Waals surface area contributed by atoms with Crippen LogP contribution in [0.25, 0.3) is 0 Å². The molecule has 2 aromatic rings. The molecular weight excluding hydrogens is 318 g/mol. The summed E-state index contributed by atoms with van der Waals surface area (Å²) in [5.74, 6) is 0.538. The third kappa shape index (κ3) is 4.10. The van der Waals surface area contributed by atoms with Gasteiger partial charge < -0.3 is 10.1 Å². The molecule has 1 N–H and O–H groups in total. The van der Waals surface area contributed by atoms with Gasteiger partial charge in [0.05, 0.1) is 6.04 Å². The van der Waals surface area contributed by atoms with Crippen LogP contribution in [0.3, 0.4) is 0 Å². The highest BCUT2D eigenvalue weighted by Crippen LogP contribution is 2.20. The minimum Gasteiger partial charge on any atom is -0.410 e. The number of ether oxygens (including phenoxy) is 1. The molecular formula is C16H16BrNO2. The summed E-state index contributed by atoms with van der Waals surface area (Å²) in [6.45, 7) is 2.02. The molecule has 0 saturated heterocycles. The molecule has 0 radical (unpaired) electrons. The first-order chi connectivity index (χ1) is 9.69. The molecule has 4 heteroatoms. The Morgan fingerprint density at radius 3 is 2.40 bits per heavy atom. The van der Waals surface area contributed by atoms with E-state index in [0.29, 0.717) is 5.75 Å². The summed E-state index contributed by atoms with van der Waals surface area (Å²) in [4.78, 5) is 11.9. The third-order valence-electron chi connectivity index (χ3n) is 2.93. The minimum atomic E-state index is -0.439. The molecule has 0 aliphatic carbocycles. The monoisotopic (exact) mass is 333 g/mol. The quantitative estimate of drug-likeness (QED) is 0.881. The largest absolute Gasteiger partial charge is 0.413 e. The highest BCUT2D eigenvalue weighted by Gasteiger charge is 2.13. The SMILES string of the molecule is CCC(NC(=O)Oc1ccccc1)c1ccc(Br)cc1. The van der Waals surface area contributed by atoms with Crippen LogP contribution in [0.5, 0.6) is 5.75 Å². The van der Waals surface area contributed by atoms with Crippen molar-refractivity contribution in [1.29, 1.82) is 0 Å². The normalized spacial score (nSPS) is 11.7. The Kier molecular flexibility index (Phi) is 5.18. The van der Waals surface area contributed by atoms with Gasteiger partial charge >= 0.3 is 6.09 Å². The lowest BCUT2D eigenvalue weighted by Crippen LogP contribution is -2.30. The Bertz CT molecular complexity index is 554. The van der Waals surface area contributed by atoms with Gasteiger partial charge in [-0.1, -0.05) is 53.2 Å². The molecule has 1 unspecified atom stereocenters. The first-order valence-corrected chi connectivity index (χ1v) is 7.27. The van der Waals surface area contributed by atoms with Gasteiger partial charge in [0, 0.05) is 4.47 Å². The van der Waals surface area contributed by atoms with Crippen molar-refractivity contribution in [2.45, 2.75) is 19.4 Å². The molecule has 1 atom stereocenters. The molecule has 0 heterocycles. The number of carbonyl (C=O) groups excluding carboxylic acids is 1. The highest BCUT2D eigenvalue weighted by molar-refractivity contribution is 9.10. The van der Waals surface area contributed by atoms with Crippen molar-refractivity contribution in [2.75, 3.05) is 0 Å². The molecule has 0 aromatic heterocycles. The van der Waals surface area contributed by atoms with Crippen molar-refractivity contribution in [3.05, 3.63) is 64.6 Å². The van der Waals surface area contributed by atoms with Crippen LogP contribution in [0.15, 0.2) is 59.1 Å². The number of halogens is 1. The third-order valence-corrected chi connectivity index (χ3v) is 3.46. The number of para-hydroxylation sites is 1. The number of nitrogens with one attached hydrogen (secondary N) is 1. The fourth-order valence-electron chi connectivity index (χ4n) is 1.88. The molecule has 3 nitrogen and oxygen atoms in total. The Balaban J connectivity index is 1.99. The Labute approximate surface area is 127 Å². The average Bonchev–Trinajstić information content (AvgIpc) is 2.47. The van der Waals surface area contributed by atoms with Gasteiger partial charge in [-0.2, -0.15) is 0 Å². The molecule has 0 bridgehead atoms. The van der Waals surface area contributed by atoms with E-state index in [1.54, 1.807) is 12.1 Å². The molecule has 104 valence electrons. The van der Waals surface area contributed by atoms with E-state index in [1.165, 1.54) is 0 Å². The number of hydrogen-bond acceptors (Lipinski definition) is 2. The molecule has 0 fully saturated rings.